The SMILES string of the molecule is CCNC(=O)c1cccc(S(=O)(=O)NC)c1. The summed E-state index contributed by atoms with van der Waals surface area (Å²) in [5, 5.41) is 2.60. The summed E-state index contributed by atoms with van der Waals surface area (Å²) < 4.78 is 25.2. The maximum absolute atomic E-state index is 11.5. The molecule has 16 heavy (non-hydrogen) atoms. The highest BCUT2D eigenvalue weighted by molar-refractivity contribution is 7.89. The third-order valence-corrected chi connectivity index (χ3v) is 3.42. The van der Waals surface area contributed by atoms with E-state index in [9.17, 15) is 13.2 Å². The molecule has 0 aliphatic carbocycles. The highest BCUT2D eigenvalue weighted by atomic mass is 32.2. The molecule has 1 rings (SSSR count). The van der Waals surface area contributed by atoms with Crippen LogP contribution in [0.3, 0.4) is 0 Å². The summed E-state index contributed by atoms with van der Waals surface area (Å²) >= 11 is 0. The monoisotopic (exact) mass is 242 g/mol. The van der Waals surface area contributed by atoms with Crippen LogP contribution in [0.15, 0.2) is 29.2 Å². The molecule has 0 saturated heterocycles. The highest BCUT2D eigenvalue weighted by Crippen LogP contribution is 2.10. The fourth-order valence-electron chi connectivity index (χ4n) is 1.18. The molecule has 1 aromatic carbocycles. The van der Waals surface area contributed by atoms with Crippen LogP contribution in [-0.4, -0.2) is 27.9 Å². The van der Waals surface area contributed by atoms with Gasteiger partial charge >= 0.3 is 0 Å². The molecule has 0 radical (unpaired) electrons. The molecule has 1 aromatic rings. The smallest absolute Gasteiger partial charge is 0.251 e. The number of rotatable bonds is 4. The zero-order valence-corrected chi connectivity index (χ0v) is 9.97. The maximum atomic E-state index is 11.5. The summed E-state index contributed by atoms with van der Waals surface area (Å²) in [6.07, 6.45) is 0. The van der Waals surface area contributed by atoms with Crippen molar-refractivity contribution in [2.75, 3.05) is 13.6 Å². The van der Waals surface area contributed by atoms with Gasteiger partial charge in [0.2, 0.25) is 10.0 Å². The van der Waals surface area contributed by atoms with Crippen LogP contribution >= 0.6 is 0 Å². The van der Waals surface area contributed by atoms with Gasteiger partial charge in [-0.1, -0.05) is 6.07 Å². The Morgan fingerprint density at radius 2 is 2.06 bits per heavy atom. The van der Waals surface area contributed by atoms with Crippen LogP contribution < -0.4 is 10.0 Å². The van der Waals surface area contributed by atoms with Gasteiger partial charge in [-0.2, -0.15) is 0 Å². The van der Waals surface area contributed by atoms with E-state index in [1.54, 1.807) is 13.0 Å². The van der Waals surface area contributed by atoms with Crippen molar-refractivity contribution < 1.29 is 13.2 Å². The summed E-state index contributed by atoms with van der Waals surface area (Å²) in [5.41, 5.74) is 0.332. The molecular weight excluding hydrogens is 228 g/mol. The Morgan fingerprint density at radius 3 is 2.62 bits per heavy atom. The van der Waals surface area contributed by atoms with Gasteiger partial charge in [-0.3, -0.25) is 4.79 Å². The second-order valence-corrected chi connectivity index (χ2v) is 4.98. The van der Waals surface area contributed by atoms with Gasteiger partial charge in [0.15, 0.2) is 0 Å². The topological polar surface area (TPSA) is 75.3 Å². The zero-order chi connectivity index (χ0) is 12.2. The van der Waals surface area contributed by atoms with E-state index in [1.165, 1.54) is 25.2 Å². The van der Waals surface area contributed by atoms with Crippen molar-refractivity contribution in [3.8, 4) is 0 Å². The van der Waals surface area contributed by atoms with E-state index in [-0.39, 0.29) is 10.8 Å². The summed E-state index contributed by atoms with van der Waals surface area (Å²) in [6, 6.07) is 5.89. The molecule has 0 fully saturated rings. The molecule has 0 heterocycles. The van der Waals surface area contributed by atoms with Crippen LogP contribution in [0, 0.1) is 0 Å². The minimum absolute atomic E-state index is 0.0822. The van der Waals surface area contributed by atoms with Crippen molar-refractivity contribution in [2.45, 2.75) is 11.8 Å². The summed E-state index contributed by atoms with van der Waals surface area (Å²) in [7, 11) is -2.17. The first-order valence-electron chi connectivity index (χ1n) is 4.83. The van der Waals surface area contributed by atoms with Crippen molar-refractivity contribution in [1.82, 2.24) is 10.0 Å². The van der Waals surface area contributed by atoms with E-state index in [1.807, 2.05) is 0 Å². The molecule has 0 aliphatic rings. The Balaban J connectivity index is 3.10. The molecule has 5 nitrogen and oxygen atoms in total. The predicted molar refractivity (Wildman–Crippen MR) is 60.7 cm³/mol. The predicted octanol–water partition coefficient (Wildman–Crippen LogP) is 0.344. The second kappa shape index (κ2) is 5.09. The first kappa shape index (κ1) is 12.7. The first-order valence-corrected chi connectivity index (χ1v) is 6.31. The Labute approximate surface area is 94.9 Å². The Morgan fingerprint density at radius 1 is 1.38 bits per heavy atom. The van der Waals surface area contributed by atoms with Crippen LogP contribution in [0.5, 0.6) is 0 Å². The van der Waals surface area contributed by atoms with Crippen LogP contribution in [0.25, 0.3) is 0 Å². The zero-order valence-electron chi connectivity index (χ0n) is 9.15. The molecule has 1 amide bonds. The molecule has 6 heteroatoms. The number of benzene rings is 1. The quantitative estimate of drug-likeness (QED) is 0.799. The van der Waals surface area contributed by atoms with Gasteiger partial charge in [0, 0.05) is 12.1 Å². The van der Waals surface area contributed by atoms with E-state index in [4.69, 9.17) is 0 Å². The molecule has 88 valence electrons. The number of hydrogen-bond donors (Lipinski definition) is 2. The fourth-order valence-corrected chi connectivity index (χ4v) is 1.96. The van der Waals surface area contributed by atoms with E-state index in [0.29, 0.717) is 12.1 Å². The van der Waals surface area contributed by atoms with Gasteiger partial charge in [0.05, 0.1) is 4.90 Å². The lowest BCUT2D eigenvalue weighted by Crippen LogP contribution is -2.24. The Hall–Kier alpha value is -1.40. The van der Waals surface area contributed by atoms with Gasteiger partial charge < -0.3 is 5.32 Å². The fraction of sp³-hybridized carbons (Fsp3) is 0.300. The minimum atomic E-state index is -3.50. The average molecular weight is 242 g/mol. The van der Waals surface area contributed by atoms with Crippen molar-refractivity contribution >= 4 is 15.9 Å². The normalized spacial score (nSPS) is 11.1. The molecule has 2 N–H and O–H groups in total. The van der Waals surface area contributed by atoms with Gasteiger partial charge in [-0.15, -0.1) is 0 Å². The molecule has 0 aromatic heterocycles. The maximum Gasteiger partial charge on any atom is 0.251 e. The summed E-state index contributed by atoms with van der Waals surface area (Å²) in [5.74, 6) is -0.282. The second-order valence-electron chi connectivity index (χ2n) is 3.09. The average Bonchev–Trinajstić information content (AvgIpc) is 2.29. The van der Waals surface area contributed by atoms with Crippen LogP contribution in [0.1, 0.15) is 17.3 Å². The van der Waals surface area contributed by atoms with Crippen molar-refractivity contribution in [3.63, 3.8) is 0 Å². The number of carbonyl (C=O) groups is 1. The lowest BCUT2D eigenvalue weighted by atomic mass is 10.2. The van der Waals surface area contributed by atoms with Gasteiger partial charge in [0.1, 0.15) is 0 Å². The van der Waals surface area contributed by atoms with Gasteiger partial charge in [-0.25, -0.2) is 13.1 Å². The largest absolute Gasteiger partial charge is 0.352 e. The molecule has 0 saturated carbocycles. The van der Waals surface area contributed by atoms with Crippen LogP contribution in [-0.2, 0) is 10.0 Å². The number of sulfonamides is 1. The van der Waals surface area contributed by atoms with Crippen molar-refractivity contribution in [1.29, 1.82) is 0 Å². The van der Waals surface area contributed by atoms with Gasteiger partial charge in [0.25, 0.3) is 5.91 Å². The van der Waals surface area contributed by atoms with E-state index in [0.717, 1.165) is 0 Å². The summed E-state index contributed by atoms with van der Waals surface area (Å²) in [4.78, 5) is 11.6. The van der Waals surface area contributed by atoms with Crippen molar-refractivity contribution in [3.05, 3.63) is 29.8 Å². The molecule has 0 bridgehead atoms. The van der Waals surface area contributed by atoms with Gasteiger partial charge in [-0.05, 0) is 32.2 Å². The minimum Gasteiger partial charge on any atom is -0.352 e. The van der Waals surface area contributed by atoms with E-state index in [2.05, 4.69) is 10.0 Å². The standard InChI is InChI=1S/C10H14N2O3S/c1-3-12-10(13)8-5-4-6-9(7-8)16(14,15)11-2/h4-7,11H,3H2,1-2H3,(H,12,13). The van der Waals surface area contributed by atoms with Crippen molar-refractivity contribution in [2.24, 2.45) is 0 Å². The number of nitrogens with one attached hydrogen (secondary N) is 2. The molecule has 0 unspecified atom stereocenters. The lowest BCUT2D eigenvalue weighted by molar-refractivity contribution is 0.0955. The summed E-state index contributed by atoms with van der Waals surface area (Å²) in [6.45, 7) is 2.30. The van der Waals surface area contributed by atoms with E-state index < -0.39 is 10.0 Å². The molecule has 0 aliphatic heterocycles. The Kier molecular flexibility index (Phi) is 4.03. The molecular formula is C10H14N2O3S. The van der Waals surface area contributed by atoms with Crippen LogP contribution in [0.2, 0.25) is 0 Å². The third kappa shape index (κ3) is 2.80. The molecule has 0 atom stereocenters. The highest BCUT2D eigenvalue weighted by Gasteiger charge is 2.13. The third-order valence-electron chi connectivity index (χ3n) is 2.01. The lowest BCUT2D eigenvalue weighted by Gasteiger charge is -2.05. The first-order chi connectivity index (χ1) is 7.51. The van der Waals surface area contributed by atoms with E-state index >= 15 is 0 Å². The Bertz CT molecular complexity index is 483. The van der Waals surface area contributed by atoms with Crippen LogP contribution in [0.4, 0.5) is 0 Å². The number of amides is 1. The number of hydrogen-bond acceptors (Lipinski definition) is 3. The number of carbonyl (C=O) groups excluding carboxylic acids is 1. The molecule has 0 spiro atoms.